The minimum atomic E-state index is -1.35. The molecule has 0 aliphatic rings. The summed E-state index contributed by atoms with van der Waals surface area (Å²) in [5.41, 5.74) is 4.89. The van der Waals surface area contributed by atoms with E-state index in [2.05, 4.69) is 4.98 Å². The Morgan fingerprint density at radius 3 is 2.65 bits per heavy atom. The SMILES string of the molecule is NCCC(O)C(O)c1ccc(Cl)nc1C(=O)O. The van der Waals surface area contributed by atoms with Crippen molar-refractivity contribution in [1.82, 2.24) is 4.98 Å². The zero-order chi connectivity index (χ0) is 13.0. The molecule has 1 heterocycles. The van der Waals surface area contributed by atoms with Crippen molar-refractivity contribution in [1.29, 1.82) is 0 Å². The van der Waals surface area contributed by atoms with Gasteiger partial charge in [0.25, 0.3) is 0 Å². The van der Waals surface area contributed by atoms with Crippen molar-refractivity contribution in [2.75, 3.05) is 6.54 Å². The molecule has 0 aromatic carbocycles. The van der Waals surface area contributed by atoms with Crippen LogP contribution in [0.25, 0.3) is 0 Å². The molecule has 5 N–H and O–H groups in total. The molecular formula is C10H13ClN2O4. The predicted molar refractivity (Wildman–Crippen MR) is 60.8 cm³/mol. The summed E-state index contributed by atoms with van der Waals surface area (Å²) in [6.45, 7) is 0.182. The number of nitrogens with two attached hydrogens (primary N) is 1. The molecule has 1 rings (SSSR count). The molecule has 94 valence electrons. The van der Waals surface area contributed by atoms with E-state index in [0.29, 0.717) is 0 Å². The van der Waals surface area contributed by atoms with Gasteiger partial charge in [0.2, 0.25) is 0 Å². The maximum Gasteiger partial charge on any atom is 0.354 e. The first-order chi connectivity index (χ1) is 7.97. The van der Waals surface area contributed by atoms with Crippen LogP contribution in [-0.4, -0.2) is 38.9 Å². The molecule has 7 heteroatoms. The fourth-order valence-electron chi connectivity index (χ4n) is 1.39. The quantitative estimate of drug-likeness (QED) is 0.561. The van der Waals surface area contributed by atoms with Crippen molar-refractivity contribution in [3.8, 4) is 0 Å². The molecule has 0 spiro atoms. The fourth-order valence-corrected chi connectivity index (χ4v) is 1.54. The number of carboxylic acids is 1. The van der Waals surface area contributed by atoms with E-state index in [0.717, 1.165) is 0 Å². The normalized spacial score (nSPS) is 14.4. The van der Waals surface area contributed by atoms with Crippen LogP contribution in [0.4, 0.5) is 0 Å². The summed E-state index contributed by atoms with van der Waals surface area (Å²) >= 11 is 5.57. The molecule has 0 aliphatic heterocycles. The summed E-state index contributed by atoms with van der Waals surface area (Å²) in [6.07, 6.45) is -2.33. The number of aliphatic hydroxyl groups excluding tert-OH is 2. The minimum absolute atomic E-state index is 0.00617. The first-order valence-electron chi connectivity index (χ1n) is 4.93. The van der Waals surface area contributed by atoms with Crippen LogP contribution in [0.15, 0.2) is 12.1 Å². The average molecular weight is 261 g/mol. The van der Waals surface area contributed by atoms with Crippen LogP contribution >= 0.6 is 11.6 Å². The molecule has 17 heavy (non-hydrogen) atoms. The molecule has 0 aliphatic carbocycles. The van der Waals surface area contributed by atoms with Crippen LogP contribution < -0.4 is 5.73 Å². The lowest BCUT2D eigenvalue weighted by Gasteiger charge is -2.18. The number of rotatable bonds is 5. The average Bonchev–Trinajstić information content (AvgIpc) is 2.28. The van der Waals surface area contributed by atoms with Gasteiger partial charge in [-0.25, -0.2) is 9.78 Å². The van der Waals surface area contributed by atoms with Crippen molar-refractivity contribution in [2.24, 2.45) is 5.73 Å². The topological polar surface area (TPSA) is 117 Å². The van der Waals surface area contributed by atoms with Gasteiger partial charge in [-0.1, -0.05) is 17.7 Å². The number of carbonyl (C=O) groups is 1. The van der Waals surface area contributed by atoms with Gasteiger partial charge in [-0.05, 0) is 19.0 Å². The van der Waals surface area contributed by atoms with Crippen molar-refractivity contribution in [3.05, 3.63) is 28.5 Å². The van der Waals surface area contributed by atoms with E-state index in [9.17, 15) is 15.0 Å². The lowest BCUT2D eigenvalue weighted by Crippen LogP contribution is -2.24. The number of halogens is 1. The molecule has 0 amide bonds. The van der Waals surface area contributed by atoms with Crippen LogP contribution in [-0.2, 0) is 0 Å². The zero-order valence-corrected chi connectivity index (χ0v) is 9.63. The Balaban J connectivity index is 3.08. The highest BCUT2D eigenvalue weighted by atomic mass is 35.5. The van der Waals surface area contributed by atoms with Gasteiger partial charge in [0.1, 0.15) is 11.3 Å². The molecule has 0 radical (unpaired) electrons. The number of aromatic carboxylic acids is 1. The smallest absolute Gasteiger partial charge is 0.354 e. The molecular weight excluding hydrogens is 248 g/mol. The van der Waals surface area contributed by atoms with Crippen molar-refractivity contribution >= 4 is 17.6 Å². The lowest BCUT2D eigenvalue weighted by molar-refractivity contribution is 0.0138. The number of hydrogen-bond acceptors (Lipinski definition) is 5. The number of pyridine rings is 1. The van der Waals surface area contributed by atoms with Crippen LogP contribution in [0, 0.1) is 0 Å². The van der Waals surface area contributed by atoms with Gasteiger partial charge in [-0.15, -0.1) is 0 Å². The summed E-state index contributed by atoms with van der Waals surface area (Å²) in [6, 6.07) is 2.67. The second kappa shape index (κ2) is 5.92. The van der Waals surface area contributed by atoms with Crippen LogP contribution in [0.5, 0.6) is 0 Å². The van der Waals surface area contributed by atoms with E-state index in [4.69, 9.17) is 22.4 Å². The second-order valence-electron chi connectivity index (χ2n) is 3.47. The van der Waals surface area contributed by atoms with Gasteiger partial charge >= 0.3 is 5.97 Å². The fraction of sp³-hybridized carbons (Fsp3) is 0.400. The summed E-state index contributed by atoms with van der Waals surface area (Å²) in [5, 5.41) is 28.3. The monoisotopic (exact) mass is 260 g/mol. The molecule has 6 nitrogen and oxygen atoms in total. The molecule has 2 atom stereocenters. The Labute approximate surface area is 103 Å². The first-order valence-corrected chi connectivity index (χ1v) is 5.31. The van der Waals surface area contributed by atoms with Gasteiger partial charge in [-0.3, -0.25) is 0 Å². The summed E-state index contributed by atoms with van der Waals surface area (Å²) in [4.78, 5) is 14.5. The highest BCUT2D eigenvalue weighted by Gasteiger charge is 2.24. The van der Waals surface area contributed by atoms with Gasteiger partial charge in [0.05, 0.1) is 6.10 Å². The Morgan fingerprint density at radius 2 is 2.12 bits per heavy atom. The van der Waals surface area contributed by atoms with E-state index < -0.39 is 18.2 Å². The highest BCUT2D eigenvalue weighted by Crippen LogP contribution is 2.23. The molecule has 1 aromatic rings. The van der Waals surface area contributed by atoms with Gasteiger partial charge < -0.3 is 21.1 Å². The van der Waals surface area contributed by atoms with Crippen molar-refractivity contribution < 1.29 is 20.1 Å². The van der Waals surface area contributed by atoms with Crippen LogP contribution in [0.3, 0.4) is 0 Å². The second-order valence-corrected chi connectivity index (χ2v) is 3.85. The third kappa shape index (κ3) is 3.37. The van der Waals surface area contributed by atoms with Crippen molar-refractivity contribution in [3.63, 3.8) is 0 Å². The lowest BCUT2D eigenvalue weighted by atomic mass is 10.0. The van der Waals surface area contributed by atoms with E-state index >= 15 is 0 Å². The third-order valence-electron chi connectivity index (χ3n) is 2.24. The number of nitrogens with zero attached hydrogens (tertiary/aromatic N) is 1. The third-order valence-corrected chi connectivity index (χ3v) is 2.45. The molecule has 1 aromatic heterocycles. The van der Waals surface area contributed by atoms with Crippen LogP contribution in [0.1, 0.15) is 28.6 Å². The van der Waals surface area contributed by atoms with E-state index in [-0.39, 0.29) is 29.4 Å². The summed E-state index contributed by atoms with van der Waals surface area (Å²) in [7, 11) is 0. The molecule has 0 bridgehead atoms. The largest absolute Gasteiger partial charge is 0.476 e. The number of aliphatic hydroxyl groups is 2. The number of hydrogen-bond donors (Lipinski definition) is 4. The highest BCUT2D eigenvalue weighted by molar-refractivity contribution is 6.29. The summed E-state index contributed by atoms with van der Waals surface area (Å²) < 4.78 is 0. The van der Waals surface area contributed by atoms with Crippen LogP contribution in [0.2, 0.25) is 5.15 Å². The maximum atomic E-state index is 10.9. The zero-order valence-electron chi connectivity index (χ0n) is 8.88. The molecule has 0 fully saturated rings. The van der Waals surface area contributed by atoms with E-state index in [1.165, 1.54) is 12.1 Å². The molecule has 2 unspecified atom stereocenters. The van der Waals surface area contributed by atoms with Crippen molar-refractivity contribution in [2.45, 2.75) is 18.6 Å². The minimum Gasteiger partial charge on any atom is -0.476 e. The number of aromatic nitrogens is 1. The molecule has 0 saturated carbocycles. The molecule has 0 saturated heterocycles. The van der Waals surface area contributed by atoms with E-state index in [1.807, 2.05) is 0 Å². The number of carboxylic acid groups (broad SMARTS) is 1. The Kier molecular flexibility index (Phi) is 4.83. The van der Waals surface area contributed by atoms with Gasteiger partial charge in [0, 0.05) is 5.56 Å². The Morgan fingerprint density at radius 1 is 1.47 bits per heavy atom. The Bertz CT molecular complexity index is 413. The first kappa shape index (κ1) is 13.9. The predicted octanol–water partition coefficient (Wildman–Crippen LogP) is 0.176. The summed E-state index contributed by atoms with van der Waals surface area (Å²) in [5.74, 6) is -1.32. The maximum absolute atomic E-state index is 10.9. The van der Waals surface area contributed by atoms with Gasteiger partial charge in [0.15, 0.2) is 5.69 Å². The Hall–Kier alpha value is -1.21. The van der Waals surface area contributed by atoms with Gasteiger partial charge in [-0.2, -0.15) is 0 Å². The van der Waals surface area contributed by atoms with E-state index in [1.54, 1.807) is 0 Å². The standard InChI is InChI=1S/C10H13ClN2O4/c11-7-2-1-5(8(13-7)10(16)17)9(15)6(14)3-4-12/h1-2,6,9,14-15H,3-4,12H2,(H,16,17).